The van der Waals surface area contributed by atoms with Crippen LogP contribution in [0.15, 0.2) is 24.3 Å². The van der Waals surface area contributed by atoms with Crippen molar-refractivity contribution in [3.63, 3.8) is 0 Å². The van der Waals surface area contributed by atoms with E-state index in [1.807, 2.05) is 19.1 Å². The number of fused-ring (bicyclic) bond motifs is 3. The van der Waals surface area contributed by atoms with Gasteiger partial charge >= 0.3 is 0 Å². The van der Waals surface area contributed by atoms with Crippen molar-refractivity contribution in [3.05, 3.63) is 30.1 Å². The number of carboxylic acid groups (broad SMARTS) is 1. The van der Waals surface area contributed by atoms with Crippen LogP contribution in [-0.2, 0) is 4.79 Å². The summed E-state index contributed by atoms with van der Waals surface area (Å²) in [4.78, 5) is 9.97. The average molecular weight is 249 g/mol. The monoisotopic (exact) mass is 249 g/mol. The van der Waals surface area contributed by atoms with Crippen LogP contribution >= 0.6 is 11.3 Å². The molecule has 0 saturated heterocycles. The Bertz CT molecular complexity index is 668. The lowest BCUT2D eigenvalue weighted by Gasteiger charge is -1.90. The number of carbonyl (C=O) groups is 1. The van der Waals surface area contributed by atoms with Gasteiger partial charge in [-0.1, -0.05) is 23.5 Å². The summed E-state index contributed by atoms with van der Waals surface area (Å²) in [5, 5.41) is 15.5. The third-order valence-electron chi connectivity index (χ3n) is 2.10. The molecule has 0 aliphatic heterocycles. The molecule has 0 saturated carbocycles. The zero-order valence-electron chi connectivity index (χ0n) is 9.41. The summed E-state index contributed by atoms with van der Waals surface area (Å²) < 4.78 is 3.34. The van der Waals surface area contributed by atoms with Gasteiger partial charge < -0.3 is 5.11 Å². The van der Waals surface area contributed by atoms with Crippen LogP contribution in [0.2, 0.25) is 0 Å². The van der Waals surface area contributed by atoms with Crippen LogP contribution in [-0.4, -0.2) is 25.7 Å². The summed E-state index contributed by atoms with van der Waals surface area (Å²) in [5.74, 6) is 0.118. The Morgan fingerprint density at radius 1 is 1.35 bits per heavy atom. The molecule has 0 aliphatic carbocycles. The Morgan fingerprint density at radius 3 is 2.71 bits per heavy atom. The van der Waals surface area contributed by atoms with E-state index in [2.05, 4.69) is 26.7 Å². The van der Waals surface area contributed by atoms with Gasteiger partial charge in [0.05, 0.1) is 10.2 Å². The molecule has 2 heterocycles. The fourth-order valence-electron chi connectivity index (χ4n) is 1.51. The standard InChI is InChI=1S/C9H7N3S.C2H4O2/c1-6-10-11-9-12(6)7-4-2-3-5-8(7)13-9;1-2(3)4/h2-5H,1H3;1H3,(H,3,4). The van der Waals surface area contributed by atoms with Crippen LogP contribution in [0.4, 0.5) is 0 Å². The second-order valence-corrected chi connectivity index (χ2v) is 4.46. The lowest BCUT2D eigenvalue weighted by Crippen LogP contribution is -1.83. The van der Waals surface area contributed by atoms with Gasteiger partial charge in [-0.25, -0.2) is 0 Å². The second-order valence-electron chi connectivity index (χ2n) is 3.45. The summed E-state index contributed by atoms with van der Waals surface area (Å²) in [5.41, 5.74) is 1.20. The van der Waals surface area contributed by atoms with Crippen LogP contribution < -0.4 is 0 Å². The molecule has 0 amide bonds. The molecule has 1 aromatic carbocycles. The minimum atomic E-state index is -0.833. The maximum atomic E-state index is 9.00. The SMILES string of the molecule is CC(=O)O.Cc1nnc2sc3ccccc3n12. The van der Waals surface area contributed by atoms with E-state index in [4.69, 9.17) is 9.90 Å². The number of carboxylic acids is 1. The van der Waals surface area contributed by atoms with Crippen LogP contribution in [0.1, 0.15) is 12.7 Å². The molecule has 0 radical (unpaired) electrons. The average Bonchev–Trinajstić information content (AvgIpc) is 2.78. The maximum absolute atomic E-state index is 9.00. The van der Waals surface area contributed by atoms with E-state index in [0.29, 0.717) is 0 Å². The van der Waals surface area contributed by atoms with Crippen LogP contribution in [0.25, 0.3) is 15.2 Å². The molecule has 0 fully saturated rings. The topological polar surface area (TPSA) is 67.5 Å². The highest BCUT2D eigenvalue weighted by Gasteiger charge is 2.07. The van der Waals surface area contributed by atoms with Crippen molar-refractivity contribution in [2.45, 2.75) is 13.8 Å². The molecule has 2 aromatic heterocycles. The van der Waals surface area contributed by atoms with Gasteiger partial charge in [0.2, 0.25) is 4.96 Å². The Kier molecular flexibility index (Phi) is 3.06. The normalized spacial score (nSPS) is 10.2. The molecule has 0 unspecified atom stereocenters. The molecule has 0 atom stereocenters. The summed E-state index contributed by atoms with van der Waals surface area (Å²) in [6, 6.07) is 8.28. The van der Waals surface area contributed by atoms with Crippen molar-refractivity contribution in [1.82, 2.24) is 14.6 Å². The third kappa shape index (κ3) is 2.26. The van der Waals surface area contributed by atoms with Gasteiger partial charge in [-0.2, -0.15) is 0 Å². The molecule has 0 bridgehead atoms. The molecule has 0 spiro atoms. The number of aliphatic carboxylic acids is 1. The van der Waals surface area contributed by atoms with Gasteiger partial charge in [-0.15, -0.1) is 10.2 Å². The van der Waals surface area contributed by atoms with Crippen molar-refractivity contribution in [2.75, 3.05) is 0 Å². The van der Waals surface area contributed by atoms with Gasteiger partial charge in [0, 0.05) is 6.92 Å². The van der Waals surface area contributed by atoms with Gasteiger partial charge in [-0.05, 0) is 19.1 Å². The first-order valence-corrected chi connectivity index (χ1v) is 5.80. The van der Waals surface area contributed by atoms with E-state index in [1.54, 1.807) is 11.3 Å². The molecular weight excluding hydrogens is 238 g/mol. The van der Waals surface area contributed by atoms with E-state index < -0.39 is 5.97 Å². The van der Waals surface area contributed by atoms with Crippen LogP contribution in [0.3, 0.4) is 0 Å². The van der Waals surface area contributed by atoms with Gasteiger partial charge in [0.1, 0.15) is 5.82 Å². The molecule has 1 N–H and O–H groups in total. The summed E-state index contributed by atoms with van der Waals surface area (Å²) in [6.45, 7) is 3.05. The first kappa shape index (κ1) is 11.5. The number of hydrogen-bond donors (Lipinski definition) is 1. The van der Waals surface area contributed by atoms with Crippen molar-refractivity contribution >= 4 is 32.5 Å². The highest BCUT2D eigenvalue weighted by molar-refractivity contribution is 7.23. The van der Waals surface area contributed by atoms with Crippen molar-refractivity contribution < 1.29 is 9.90 Å². The van der Waals surface area contributed by atoms with E-state index >= 15 is 0 Å². The number of aryl methyl sites for hydroxylation is 1. The Morgan fingerprint density at radius 2 is 2.00 bits per heavy atom. The van der Waals surface area contributed by atoms with Gasteiger partial charge in [0.25, 0.3) is 5.97 Å². The van der Waals surface area contributed by atoms with Crippen molar-refractivity contribution in [1.29, 1.82) is 0 Å². The van der Waals surface area contributed by atoms with Crippen molar-refractivity contribution in [2.24, 2.45) is 0 Å². The molecule has 3 rings (SSSR count). The number of hydrogen-bond acceptors (Lipinski definition) is 4. The second kappa shape index (κ2) is 4.50. The fraction of sp³-hybridized carbons (Fsp3) is 0.182. The summed E-state index contributed by atoms with van der Waals surface area (Å²) >= 11 is 1.67. The number of thiazole rings is 1. The zero-order valence-corrected chi connectivity index (χ0v) is 10.2. The maximum Gasteiger partial charge on any atom is 0.300 e. The minimum Gasteiger partial charge on any atom is -0.481 e. The minimum absolute atomic E-state index is 0.833. The Labute approximate surface area is 101 Å². The molecule has 6 heteroatoms. The molecule has 5 nitrogen and oxygen atoms in total. The lowest BCUT2D eigenvalue weighted by molar-refractivity contribution is -0.134. The zero-order chi connectivity index (χ0) is 12.4. The molecule has 3 aromatic rings. The first-order chi connectivity index (χ1) is 8.09. The fourth-order valence-corrected chi connectivity index (χ4v) is 2.52. The molecule has 88 valence electrons. The highest BCUT2D eigenvalue weighted by Crippen LogP contribution is 2.25. The molecule has 0 aliphatic rings. The number of nitrogens with zero attached hydrogens (tertiary/aromatic N) is 3. The van der Waals surface area contributed by atoms with Gasteiger partial charge in [0.15, 0.2) is 0 Å². The Balaban J connectivity index is 0.000000239. The predicted molar refractivity (Wildman–Crippen MR) is 66.4 cm³/mol. The lowest BCUT2D eigenvalue weighted by atomic mass is 10.3. The number of rotatable bonds is 0. The van der Waals surface area contributed by atoms with E-state index in [-0.39, 0.29) is 0 Å². The van der Waals surface area contributed by atoms with Crippen molar-refractivity contribution in [3.8, 4) is 0 Å². The van der Waals surface area contributed by atoms with Gasteiger partial charge in [-0.3, -0.25) is 9.20 Å². The third-order valence-corrected chi connectivity index (χ3v) is 3.11. The first-order valence-electron chi connectivity index (χ1n) is 4.98. The summed E-state index contributed by atoms with van der Waals surface area (Å²) in [6.07, 6.45) is 0. The quantitative estimate of drug-likeness (QED) is 0.664. The number of aromatic nitrogens is 3. The van der Waals surface area contributed by atoms with E-state index in [9.17, 15) is 0 Å². The highest BCUT2D eigenvalue weighted by atomic mass is 32.1. The predicted octanol–water partition coefficient (Wildman–Crippen LogP) is 2.34. The summed E-state index contributed by atoms with van der Waals surface area (Å²) in [7, 11) is 0. The van der Waals surface area contributed by atoms with Crippen LogP contribution in [0, 0.1) is 6.92 Å². The molecule has 17 heavy (non-hydrogen) atoms. The largest absolute Gasteiger partial charge is 0.481 e. The Hall–Kier alpha value is -1.95. The van der Waals surface area contributed by atoms with E-state index in [0.717, 1.165) is 17.7 Å². The molecular formula is C11H11N3O2S. The number of benzene rings is 1. The number of para-hydroxylation sites is 1. The smallest absolute Gasteiger partial charge is 0.300 e. The van der Waals surface area contributed by atoms with E-state index in [1.165, 1.54) is 10.2 Å². The van der Waals surface area contributed by atoms with Crippen LogP contribution in [0.5, 0.6) is 0 Å².